The highest BCUT2D eigenvalue weighted by molar-refractivity contribution is 7.07. The van der Waals surface area contributed by atoms with Gasteiger partial charge in [0.25, 0.3) is 5.56 Å². The summed E-state index contributed by atoms with van der Waals surface area (Å²) < 4.78 is 25.2. The first-order chi connectivity index (χ1) is 23.2. The zero-order valence-electron chi connectivity index (χ0n) is 26.9. The molecular formula is C36H32N4O7S. The van der Waals surface area contributed by atoms with Gasteiger partial charge in [-0.25, -0.2) is 14.5 Å². The molecule has 3 aromatic carbocycles. The van der Waals surface area contributed by atoms with Crippen LogP contribution in [0.1, 0.15) is 37.9 Å². The lowest BCUT2D eigenvalue weighted by atomic mass is 9.95. The van der Waals surface area contributed by atoms with E-state index in [0.717, 1.165) is 17.0 Å². The molecule has 2 aromatic heterocycles. The van der Waals surface area contributed by atoms with E-state index in [0.29, 0.717) is 38.5 Å². The average Bonchev–Trinajstić information content (AvgIpc) is 3.65. The van der Waals surface area contributed by atoms with Crippen LogP contribution in [-0.4, -0.2) is 47.1 Å². The number of hydrogen-bond donors (Lipinski definition) is 0. The predicted molar refractivity (Wildman–Crippen MR) is 180 cm³/mol. The van der Waals surface area contributed by atoms with Crippen molar-refractivity contribution in [3.8, 4) is 34.2 Å². The maximum absolute atomic E-state index is 14.3. The van der Waals surface area contributed by atoms with Gasteiger partial charge in [0.05, 0.1) is 48.4 Å². The van der Waals surface area contributed by atoms with Crippen LogP contribution in [0.3, 0.4) is 0 Å². The summed E-state index contributed by atoms with van der Waals surface area (Å²) in [6, 6.07) is 21.3. The molecule has 0 fully saturated rings. The number of aromatic nitrogens is 3. The molecule has 1 aliphatic rings. The van der Waals surface area contributed by atoms with Gasteiger partial charge in [-0.3, -0.25) is 14.2 Å². The van der Waals surface area contributed by atoms with E-state index in [4.69, 9.17) is 24.0 Å². The normalized spacial score (nSPS) is 14.3. The van der Waals surface area contributed by atoms with Gasteiger partial charge in [-0.2, -0.15) is 5.10 Å². The van der Waals surface area contributed by atoms with Crippen molar-refractivity contribution >= 4 is 29.4 Å². The minimum absolute atomic E-state index is 0.200. The molecule has 244 valence electrons. The molecule has 11 nitrogen and oxygen atoms in total. The van der Waals surface area contributed by atoms with Gasteiger partial charge in [0.1, 0.15) is 11.4 Å². The van der Waals surface area contributed by atoms with Gasteiger partial charge in [-0.1, -0.05) is 35.6 Å². The third-order valence-electron chi connectivity index (χ3n) is 7.67. The Morgan fingerprint density at radius 2 is 1.75 bits per heavy atom. The maximum atomic E-state index is 14.3. The van der Waals surface area contributed by atoms with E-state index in [9.17, 15) is 14.4 Å². The molecule has 5 aromatic rings. The van der Waals surface area contributed by atoms with Crippen molar-refractivity contribution in [2.24, 2.45) is 4.99 Å². The maximum Gasteiger partial charge on any atom is 0.338 e. The first-order valence-electron chi connectivity index (χ1n) is 15.1. The van der Waals surface area contributed by atoms with Gasteiger partial charge in [0.2, 0.25) is 0 Å². The lowest BCUT2D eigenvalue weighted by molar-refractivity contribution is -0.136. The number of thiazole rings is 1. The third kappa shape index (κ3) is 6.17. The molecule has 0 saturated carbocycles. The number of benzene rings is 3. The van der Waals surface area contributed by atoms with Crippen LogP contribution in [0.25, 0.3) is 23.0 Å². The Bertz CT molecular complexity index is 2230. The Kier molecular flexibility index (Phi) is 9.08. The van der Waals surface area contributed by atoms with E-state index >= 15 is 0 Å². The lowest BCUT2D eigenvalue weighted by Gasteiger charge is -2.25. The van der Waals surface area contributed by atoms with Crippen LogP contribution in [0, 0.1) is 0 Å². The number of ether oxygens (including phenoxy) is 4. The molecule has 0 N–H and O–H groups in total. The largest absolute Gasteiger partial charge is 0.494 e. The molecule has 48 heavy (non-hydrogen) atoms. The third-order valence-corrected chi connectivity index (χ3v) is 8.66. The van der Waals surface area contributed by atoms with Crippen LogP contribution < -0.4 is 29.1 Å². The summed E-state index contributed by atoms with van der Waals surface area (Å²) in [5.74, 6) is 0.0735. The lowest BCUT2D eigenvalue weighted by Crippen LogP contribution is -2.39. The van der Waals surface area contributed by atoms with Crippen molar-refractivity contribution in [3.05, 3.63) is 121 Å². The summed E-state index contributed by atoms with van der Waals surface area (Å²) in [6.45, 7) is 5.47. The molecule has 1 atom stereocenters. The van der Waals surface area contributed by atoms with Crippen LogP contribution >= 0.6 is 11.3 Å². The number of hydrogen-bond acceptors (Lipinski definition) is 10. The van der Waals surface area contributed by atoms with Crippen molar-refractivity contribution in [3.63, 3.8) is 0 Å². The van der Waals surface area contributed by atoms with Gasteiger partial charge in [0.15, 0.2) is 16.3 Å². The predicted octanol–water partition coefficient (Wildman–Crippen LogP) is 4.59. The second-order valence-corrected chi connectivity index (χ2v) is 11.8. The summed E-state index contributed by atoms with van der Waals surface area (Å²) in [6.07, 6.45) is 3.67. The highest BCUT2D eigenvalue weighted by Crippen LogP contribution is 2.36. The van der Waals surface area contributed by atoms with Crippen LogP contribution in [-0.2, 0) is 14.3 Å². The first-order valence-corrected chi connectivity index (χ1v) is 15.9. The van der Waals surface area contributed by atoms with Crippen molar-refractivity contribution in [2.75, 3.05) is 20.8 Å². The molecule has 0 amide bonds. The standard InChI is InChI=1S/C36H32N4O7S/c1-6-46-27-15-12-23(13-16-27)32-25(20-39(38-32)26-10-8-7-9-11-26)19-30-34(42)40-33(31(35(43)45-5)21(2)37-36(40)48-30)24-14-17-28(47-22(3)41)29(18-24)44-4/h7-20,33H,6H2,1-5H3/b30-19-. The van der Waals surface area contributed by atoms with E-state index in [2.05, 4.69) is 4.99 Å². The van der Waals surface area contributed by atoms with Crippen molar-refractivity contribution in [2.45, 2.75) is 26.8 Å². The van der Waals surface area contributed by atoms with Crippen molar-refractivity contribution < 1.29 is 28.5 Å². The molecule has 0 bridgehead atoms. The zero-order valence-corrected chi connectivity index (χ0v) is 27.7. The Morgan fingerprint density at radius 1 is 1.00 bits per heavy atom. The van der Waals surface area contributed by atoms with E-state index in [-0.39, 0.29) is 22.6 Å². The number of carbonyl (C=O) groups excluding carboxylic acids is 2. The van der Waals surface area contributed by atoms with Gasteiger partial charge in [0, 0.05) is 24.2 Å². The molecule has 12 heteroatoms. The highest BCUT2D eigenvalue weighted by atomic mass is 32.1. The summed E-state index contributed by atoms with van der Waals surface area (Å²) >= 11 is 1.20. The molecule has 0 spiro atoms. The van der Waals surface area contributed by atoms with E-state index in [1.165, 1.54) is 37.0 Å². The topological polar surface area (TPSA) is 123 Å². The van der Waals surface area contributed by atoms with Crippen LogP contribution in [0.2, 0.25) is 0 Å². The number of fused-ring (bicyclic) bond motifs is 1. The smallest absolute Gasteiger partial charge is 0.338 e. The Balaban J connectivity index is 1.54. The van der Waals surface area contributed by atoms with E-state index in [1.54, 1.807) is 35.9 Å². The molecule has 0 aliphatic carbocycles. The number of allylic oxidation sites excluding steroid dienone is 1. The van der Waals surface area contributed by atoms with Gasteiger partial charge in [-0.05, 0) is 74.0 Å². The summed E-state index contributed by atoms with van der Waals surface area (Å²) in [7, 11) is 2.72. The second kappa shape index (κ2) is 13.5. The summed E-state index contributed by atoms with van der Waals surface area (Å²) in [5.41, 5.74) is 3.87. The monoisotopic (exact) mass is 664 g/mol. The number of nitrogens with zero attached hydrogens (tertiary/aromatic N) is 4. The van der Waals surface area contributed by atoms with Gasteiger partial charge < -0.3 is 18.9 Å². The number of esters is 2. The van der Waals surface area contributed by atoms with Crippen LogP contribution in [0.15, 0.2) is 100 Å². The quantitative estimate of drug-likeness (QED) is 0.166. The minimum Gasteiger partial charge on any atom is -0.494 e. The van der Waals surface area contributed by atoms with Gasteiger partial charge >= 0.3 is 11.9 Å². The fraction of sp³-hybridized carbons (Fsp3) is 0.194. The highest BCUT2D eigenvalue weighted by Gasteiger charge is 2.34. The van der Waals surface area contributed by atoms with Crippen molar-refractivity contribution in [1.82, 2.24) is 14.3 Å². The Labute approximate surface area is 279 Å². The Hall–Kier alpha value is -5.75. The zero-order chi connectivity index (χ0) is 33.9. The minimum atomic E-state index is -0.895. The number of para-hydroxylation sites is 1. The number of rotatable bonds is 9. The van der Waals surface area contributed by atoms with Crippen molar-refractivity contribution in [1.29, 1.82) is 0 Å². The molecule has 1 unspecified atom stereocenters. The van der Waals surface area contributed by atoms with Crippen LogP contribution in [0.4, 0.5) is 0 Å². The summed E-state index contributed by atoms with van der Waals surface area (Å²) in [4.78, 5) is 44.2. The fourth-order valence-electron chi connectivity index (χ4n) is 5.55. The molecule has 1 aliphatic heterocycles. The van der Waals surface area contributed by atoms with E-state index in [1.807, 2.05) is 67.7 Å². The first kappa shape index (κ1) is 32.2. The second-order valence-electron chi connectivity index (χ2n) is 10.7. The molecule has 0 saturated heterocycles. The summed E-state index contributed by atoms with van der Waals surface area (Å²) in [5, 5.41) is 4.90. The Morgan fingerprint density at radius 3 is 2.42 bits per heavy atom. The average molecular weight is 665 g/mol. The molecule has 3 heterocycles. The molecular weight excluding hydrogens is 632 g/mol. The molecule has 0 radical (unpaired) electrons. The number of carbonyl (C=O) groups is 2. The SMILES string of the molecule is CCOc1ccc(-c2nn(-c3ccccc3)cc2/C=c2\sc3n(c2=O)C(c2ccc(OC(C)=O)c(OC)c2)C(C(=O)OC)=C(C)N=3)cc1. The fourth-order valence-corrected chi connectivity index (χ4v) is 6.59. The number of methoxy groups -OCH3 is 2. The molecule has 6 rings (SSSR count). The van der Waals surface area contributed by atoms with Crippen LogP contribution in [0.5, 0.6) is 17.2 Å². The van der Waals surface area contributed by atoms with E-state index < -0.39 is 18.0 Å². The van der Waals surface area contributed by atoms with Gasteiger partial charge in [-0.15, -0.1) is 0 Å².